The Morgan fingerprint density at radius 3 is 2.67 bits per heavy atom. The van der Waals surface area contributed by atoms with Gasteiger partial charge in [-0.2, -0.15) is 0 Å². The molecule has 0 spiro atoms. The van der Waals surface area contributed by atoms with Crippen molar-refractivity contribution >= 4 is 11.7 Å². The number of hydrogen-bond acceptors (Lipinski definition) is 4. The van der Waals surface area contributed by atoms with Gasteiger partial charge in [0.2, 0.25) is 0 Å². The largest absolute Gasteiger partial charge is 0.393 e. The zero-order valence-corrected chi connectivity index (χ0v) is 10.5. The highest BCUT2D eigenvalue weighted by Crippen LogP contribution is 2.21. The summed E-state index contributed by atoms with van der Waals surface area (Å²) in [6, 6.07) is 3.33. The first-order chi connectivity index (χ1) is 8.58. The molecule has 1 aromatic heterocycles. The summed E-state index contributed by atoms with van der Waals surface area (Å²) in [6.45, 7) is 3.20. The molecule has 1 unspecified atom stereocenters. The van der Waals surface area contributed by atoms with Gasteiger partial charge in [0.25, 0.3) is 5.91 Å². The number of carbonyl (C=O) groups excluding carboxylic acids is 1. The smallest absolute Gasteiger partial charge is 0.255 e. The first kappa shape index (κ1) is 12.8. The van der Waals surface area contributed by atoms with Gasteiger partial charge >= 0.3 is 0 Å². The summed E-state index contributed by atoms with van der Waals surface area (Å²) in [5.74, 6) is 0.712. The van der Waals surface area contributed by atoms with Gasteiger partial charge in [-0.3, -0.25) is 4.79 Å². The van der Waals surface area contributed by atoms with E-state index in [9.17, 15) is 9.90 Å². The number of amides is 1. The fourth-order valence-electron chi connectivity index (χ4n) is 2.30. The van der Waals surface area contributed by atoms with Gasteiger partial charge in [0.05, 0.1) is 11.7 Å². The van der Waals surface area contributed by atoms with Gasteiger partial charge < -0.3 is 15.7 Å². The third-order valence-electron chi connectivity index (χ3n) is 3.54. The highest BCUT2D eigenvalue weighted by molar-refractivity contribution is 5.94. The summed E-state index contributed by atoms with van der Waals surface area (Å²) in [7, 11) is 0. The van der Waals surface area contributed by atoms with Crippen molar-refractivity contribution in [3.05, 3.63) is 23.9 Å². The molecule has 1 saturated heterocycles. The molecule has 0 aliphatic carbocycles. The molecule has 5 heteroatoms. The molecule has 2 heterocycles. The summed E-state index contributed by atoms with van der Waals surface area (Å²) in [4.78, 5) is 17.9. The van der Waals surface area contributed by atoms with E-state index in [2.05, 4.69) is 4.98 Å². The number of carbonyl (C=O) groups is 1. The highest BCUT2D eigenvalue weighted by Gasteiger charge is 2.25. The van der Waals surface area contributed by atoms with Crippen LogP contribution in [0.2, 0.25) is 0 Å². The Morgan fingerprint density at radius 2 is 2.17 bits per heavy atom. The van der Waals surface area contributed by atoms with Crippen LogP contribution in [0.1, 0.15) is 30.1 Å². The SMILES string of the molecule is CC(O)C1CCN(C(=O)c2ccc(N)nc2)CC1. The Balaban J connectivity index is 1.97. The van der Waals surface area contributed by atoms with Crippen LogP contribution in [0, 0.1) is 5.92 Å². The molecule has 0 radical (unpaired) electrons. The predicted octanol–water partition coefficient (Wildman–Crippen LogP) is 0.897. The fourth-order valence-corrected chi connectivity index (χ4v) is 2.30. The third-order valence-corrected chi connectivity index (χ3v) is 3.54. The summed E-state index contributed by atoms with van der Waals surface area (Å²) in [5.41, 5.74) is 6.06. The van der Waals surface area contributed by atoms with E-state index in [4.69, 9.17) is 5.73 Å². The van der Waals surface area contributed by atoms with E-state index < -0.39 is 0 Å². The summed E-state index contributed by atoms with van der Waals surface area (Å²) < 4.78 is 0. The number of likely N-dealkylation sites (tertiary alicyclic amines) is 1. The first-order valence-electron chi connectivity index (χ1n) is 6.27. The van der Waals surface area contributed by atoms with Gasteiger partial charge in [-0.15, -0.1) is 0 Å². The van der Waals surface area contributed by atoms with Crippen molar-refractivity contribution in [1.82, 2.24) is 9.88 Å². The minimum absolute atomic E-state index is 0.00783. The maximum Gasteiger partial charge on any atom is 0.255 e. The maximum absolute atomic E-state index is 12.2. The van der Waals surface area contributed by atoms with Crippen molar-refractivity contribution in [2.24, 2.45) is 5.92 Å². The van der Waals surface area contributed by atoms with Crippen LogP contribution >= 0.6 is 0 Å². The maximum atomic E-state index is 12.2. The lowest BCUT2D eigenvalue weighted by Gasteiger charge is -2.33. The number of nitrogens with two attached hydrogens (primary N) is 1. The van der Waals surface area contributed by atoms with Gasteiger partial charge in [-0.1, -0.05) is 0 Å². The van der Waals surface area contributed by atoms with Crippen LogP contribution in [0.5, 0.6) is 0 Å². The molecule has 1 atom stereocenters. The van der Waals surface area contributed by atoms with E-state index in [0.717, 1.165) is 12.8 Å². The van der Waals surface area contributed by atoms with Gasteiger partial charge in [0.1, 0.15) is 5.82 Å². The van der Waals surface area contributed by atoms with Crippen LogP contribution in [0.25, 0.3) is 0 Å². The van der Waals surface area contributed by atoms with Gasteiger partial charge in [0.15, 0.2) is 0 Å². The number of aromatic nitrogens is 1. The van der Waals surface area contributed by atoms with E-state index in [1.165, 1.54) is 6.20 Å². The number of piperidine rings is 1. The van der Waals surface area contributed by atoms with Crippen molar-refractivity contribution in [1.29, 1.82) is 0 Å². The predicted molar refractivity (Wildman–Crippen MR) is 69.0 cm³/mol. The highest BCUT2D eigenvalue weighted by atomic mass is 16.3. The molecule has 1 amide bonds. The van der Waals surface area contributed by atoms with Gasteiger partial charge in [0, 0.05) is 19.3 Å². The number of pyridine rings is 1. The first-order valence-corrected chi connectivity index (χ1v) is 6.27. The normalized spacial score (nSPS) is 18.7. The molecule has 1 fully saturated rings. The van der Waals surface area contributed by atoms with Crippen molar-refractivity contribution in [3.8, 4) is 0 Å². The lowest BCUT2D eigenvalue weighted by atomic mass is 9.92. The Hall–Kier alpha value is -1.62. The molecular formula is C13H19N3O2. The number of hydrogen-bond donors (Lipinski definition) is 2. The van der Waals surface area contributed by atoms with Crippen LogP contribution in [0.4, 0.5) is 5.82 Å². The van der Waals surface area contributed by atoms with E-state index in [0.29, 0.717) is 30.4 Å². The molecule has 2 rings (SSSR count). The van der Waals surface area contributed by atoms with Crippen LogP contribution in [-0.4, -0.2) is 40.1 Å². The molecule has 0 bridgehead atoms. The fraction of sp³-hybridized carbons (Fsp3) is 0.538. The van der Waals surface area contributed by atoms with E-state index in [1.54, 1.807) is 12.1 Å². The minimum atomic E-state index is -0.291. The lowest BCUT2D eigenvalue weighted by Crippen LogP contribution is -2.40. The monoisotopic (exact) mass is 249 g/mol. The average molecular weight is 249 g/mol. The van der Waals surface area contributed by atoms with Crippen LogP contribution in [0.15, 0.2) is 18.3 Å². The molecule has 1 aliphatic heterocycles. The Kier molecular flexibility index (Phi) is 3.81. The quantitative estimate of drug-likeness (QED) is 0.816. The molecule has 1 aliphatic rings. The molecule has 0 saturated carbocycles. The van der Waals surface area contributed by atoms with E-state index in [-0.39, 0.29) is 12.0 Å². The number of rotatable bonds is 2. The number of anilines is 1. The van der Waals surface area contributed by atoms with Crippen LogP contribution in [-0.2, 0) is 0 Å². The average Bonchev–Trinajstić information content (AvgIpc) is 2.39. The summed E-state index contributed by atoms with van der Waals surface area (Å²) in [6.07, 6.45) is 2.93. The van der Waals surface area contributed by atoms with Gasteiger partial charge in [-0.05, 0) is 37.8 Å². The van der Waals surface area contributed by atoms with Crippen LogP contribution in [0.3, 0.4) is 0 Å². The number of aliphatic hydroxyl groups is 1. The summed E-state index contributed by atoms with van der Waals surface area (Å²) in [5, 5.41) is 9.52. The molecule has 5 nitrogen and oxygen atoms in total. The number of nitrogens with zero attached hydrogens (tertiary/aromatic N) is 2. The summed E-state index contributed by atoms with van der Waals surface area (Å²) >= 11 is 0. The lowest BCUT2D eigenvalue weighted by molar-refractivity contribution is 0.0521. The van der Waals surface area contributed by atoms with Crippen molar-refractivity contribution in [2.75, 3.05) is 18.8 Å². The van der Waals surface area contributed by atoms with E-state index >= 15 is 0 Å². The molecule has 98 valence electrons. The number of aliphatic hydroxyl groups excluding tert-OH is 1. The topological polar surface area (TPSA) is 79.5 Å². The van der Waals surface area contributed by atoms with Gasteiger partial charge in [-0.25, -0.2) is 4.98 Å². The Labute approximate surface area is 107 Å². The van der Waals surface area contributed by atoms with Crippen LogP contribution < -0.4 is 5.73 Å². The Morgan fingerprint density at radius 1 is 1.50 bits per heavy atom. The molecule has 0 aromatic carbocycles. The molecular weight excluding hydrogens is 230 g/mol. The van der Waals surface area contributed by atoms with Crippen molar-refractivity contribution in [3.63, 3.8) is 0 Å². The standard InChI is InChI=1S/C13H19N3O2/c1-9(17)10-4-6-16(7-5-10)13(18)11-2-3-12(14)15-8-11/h2-3,8-10,17H,4-7H2,1H3,(H2,14,15). The molecule has 18 heavy (non-hydrogen) atoms. The zero-order chi connectivity index (χ0) is 13.1. The van der Waals surface area contributed by atoms with Crippen molar-refractivity contribution in [2.45, 2.75) is 25.9 Å². The second-order valence-corrected chi connectivity index (χ2v) is 4.84. The molecule has 3 N–H and O–H groups in total. The molecule has 1 aromatic rings. The second-order valence-electron chi connectivity index (χ2n) is 4.84. The number of nitrogen functional groups attached to an aromatic ring is 1. The minimum Gasteiger partial charge on any atom is -0.393 e. The van der Waals surface area contributed by atoms with Crippen molar-refractivity contribution < 1.29 is 9.90 Å². The van der Waals surface area contributed by atoms with E-state index in [1.807, 2.05) is 11.8 Å². The second kappa shape index (κ2) is 5.35. The third kappa shape index (κ3) is 2.79. The zero-order valence-electron chi connectivity index (χ0n) is 10.5. The Bertz CT molecular complexity index is 409.